The summed E-state index contributed by atoms with van der Waals surface area (Å²) in [5.41, 5.74) is 1.92. The largest absolute Gasteiger partial charge is 0.341 e. The molecule has 2 aromatic carbocycles. The fourth-order valence-electron chi connectivity index (χ4n) is 3.58. The molecule has 8 heteroatoms. The predicted molar refractivity (Wildman–Crippen MR) is 125 cm³/mol. The van der Waals surface area contributed by atoms with E-state index in [0.717, 1.165) is 24.0 Å². The van der Waals surface area contributed by atoms with Gasteiger partial charge in [0, 0.05) is 16.7 Å². The van der Waals surface area contributed by atoms with Crippen LogP contribution in [0.5, 0.6) is 0 Å². The topological polar surface area (TPSA) is 67.1 Å². The molecule has 1 aliphatic rings. The summed E-state index contributed by atoms with van der Waals surface area (Å²) in [5.74, 6) is 0.115. The number of pyridine rings is 1. The minimum atomic E-state index is -3.31. The van der Waals surface area contributed by atoms with E-state index in [9.17, 15) is 13.2 Å². The van der Waals surface area contributed by atoms with Gasteiger partial charge in [0.1, 0.15) is 7.05 Å². The molecular formula is C24H23Cl2N2O3S+. The smallest absolute Gasteiger partial charge is 0.253 e. The average molecular weight is 490 g/mol. The number of nitrogens with zero attached hydrogens (tertiary/aromatic N) is 1. The maximum absolute atomic E-state index is 13.0. The molecule has 1 amide bonds. The first-order chi connectivity index (χ1) is 15.2. The highest BCUT2D eigenvalue weighted by Gasteiger charge is 2.29. The lowest BCUT2D eigenvalue weighted by atomic mass is 9.99. The van der Waals surface area contributed by atoms with Crippen molar-refractivity contribution in [3.8, 4) is 0 Å². The number of hydrogen-bond acceptors (Lipinski definition) is 3. The van der Waals surface area contributed by atoms with Gasteiger partial charge in [-0.1, -0.05) is 35.3 Å². The molecule has 0 spiro atoms. The van der Waals surface area contributed by atoms with Crippen LogP contribution < -0.4 is 9.88 Å². The van der Waals surface area contributed by atoms with Crippen molar-refractivity contribution in [1.82, 2.24) is 5.32 Å². The number of amides is 1. The monoisotopic (exact) mass is 489 g/mol. The third kappa shape index (κ3) is 5.31. The van der Waals surface area contributed by atoms with E-state index in [0.29, 0.717) is 15.5 Å². The fraction of sp³-hybridized carbons (Fsp3) is 0.250. The predicted octanol–water partition coefficient (Wildman–Crippen LogP) is 4.52. The summed E-state index contributed by atoms with van der Waals surface area (Å²) in [5, 5.41) is 3.73. The van der Waals surface area contributed by atoms with E-state index in [-0.39, 0.29) is 22.6 Å². The number of sulfone groups is 1. The molecule has 166 valence electrons. The number of benzene rings is 2. The van der Waals surface area contributed by atoms with Crippen molar-refractivity contribution >= 4 is 38.9 Å². The van der Waals surface area contributed by atoms with Crippen LogP contribution in [-0.4, -0.2) is 20.1 Å². The number of hydrogen-bond donors (Lipinski definition) is 1. The molecule has 5 nitrogen and oxygen atoms in total. The second-order valence-electron chi connectivity index (χ2n) is 8.13. The number of aromatic nitrogens is 1. The third-order valence-corrected chi connectivity index (χ3v) is 7.92. The first kappa shape index (κ1) is 22.8. The van der Waals surface area contributed by atoms with Crippen LogP contribution >= 0.6 is 23.2 Å². The number of carbonyl (C=O) groups excluding carboxylic acids is 1. The highest BCUT2D eigenvalue weighted by molar-refractivity contribution is 7.91. The SMILES string of the molecule is C[n+]1cccc(C(NC(=O)c2ccc(Cl)cc2Cl)c2ccc(S(=O)(=O)CC3CC3)cc2)c1. The lowest BCUT2D eigenvalue weighted by Gasteiger charge is -2.20. The van der Waals surface area contributed by atoms with E-state index in [1.807, 2.05) is 36.1 Å². The van der Waals surface area contributed by atoms with Gasteiger partial charge in [-0.3, -0.25) is 4.79 Å². The first-order valence-electron chi connectivity index (χ1n) is 10.3. The molecule has 1 atom stereocenters. The van der Waals surface area contributed by atoms with Crippen LogP contribution in [0.1, 0.15) is 40.4 Å². The molecule has 1 fully saturated rings. The Morgan fingerprint density at radius 2 is 1.81 bits per heavy atom. The van der Waals surface area contributed by atoms with Gasteiger partial charge in [0.25, 0.3) is 5.91 Å². The van der Waals surface area contributed by atoms with Gasteiger partial charge >= 0.3 is 0 Å². The quantitative estimate of drug-likeness (QED) is 0.496. The van der Waals surface area contributed by atoms with Crippen molar-refractivity contribution in [3.05, 3.63) is 93.7 Å². The average Bonchev–Trinajstić information content (AvgIpc) is 3.55. The van der Waals surface area contributed by atoms with Crippen LogP contribution in [0.15, 0.2) is 71.9 Å². The second kappa shape index (κ2) is 9.22. The van der Waals surface area contributed by atoms with Crippen LogP contribution in [0.3, 0.4) is 0 Å². The van der Waals surface area contributed by atoms with Crippen LogP contribution in [0.2, 0.25) is 10.0 Å². The van der Waals surface area contributed by atoms with Gasteiger partial charge in [-0.25, -0.2) is 13.0 Å². The molecule has 1 aliphatic carbocycles. The summed E-state index contributed by atoms with van der Waals surface area (Å²) < 4.78 is 27.1. The van der Waals surface area contributed by atoms with Crippen LogP contribution in [0.25, 0.3) is 0 Å². The van der Waals surface area contributed by atoms with Gasteiger partial charge in [-0.2, -0.15) is 0 Å². The zero-order chi connectivity index (χ0) is 22.9. The second-order valence-corrected chi connectivity index (χ2v) is 11.0. The van der Waals surface area contributed by atoms with Gasteiger partial charge in [0.15, 0.2) is 22.2 Å². The van der Waals surface area contributed by atoms with Gasteiger partial charge < -0.3 is 5.32 Å². The Hall–Kier alpha value is -2.41. The molecule has 0 bridgehead atoms. The lowest BCUT2D eigenvalue weighted by molar-refractivity contribution is -0.672. The van der Waals surface area contributed by atoms with Crippen molar-refractivity contribution in [1.29, 1.82) is 0 Å². The van der Waals surface area contributed by atoms with Gasteiger partial charge in [-0.15, -0.1) is 0 Å². The summed E-state index contributed by atoms with van der Waals surface area (Å²) >= 11 is 12.2. The van der Waals surface area contributed by atoms with Crippen molar-refractivity contribution in [2.75, 3.05) is 5.75 Å². The molecule has 0 radical (unpaired) electrons. The maximum Gasteiger partial charge on any atom is 0.253 e. The molecule has 1 unspecified atom stereocenters. The van der Waals surface area contributed by atoms with Gasteiger partial charge in [0.05, 0.1) is 27.3 Å². The Kier molecular flexibility index (Phi) is 6.56. The van der Waals surface area contributed by atoms with Crippen molar-refractivity contribution in [2.45, 2.75) is 23.8 Å². The minimum Gasteiger partial charge on any atom is -0.341 e. The summed E-state index contributed by atoms with van der Waals surface area (Å²) in [6, 6.07) is 14.7. The van der Waals surface area contributed by atoms with Crippen LogP contribution in [-0.2, 0) is 16.9 Å². The molecule has 4 rings (SSSR count). The summed E-state index contributed by atoms with van der Waals surface area (Å²) in [6.45, 7) is 0. The zero-order valence-corrected chi connectivity index (χ0v) is 19.8. The molecule has 32 heavy (non-hydrogen) atoms. The van der Waals surface area contributed by atoms with Gasteiger partial charge in [-0.05, 0) is 60.7 Å². The van der Waals surface area contributed by atoms with Crippen LogP contribution in [0, 0.1) is 5.92 Å². The number of rotatable bonds is 7. The highest BCUT2D eigenvalue weighted by atomic mass is 35.5. The summed E-state index contributed by atoms with van der Waals surface area (Å²) in [6.07, 6.45) is 5.76. The lowest BCUT2D eigenvalue weighted by Crippen LogP contribution is -2.33. The minimum absolute atomic E-state index is 0.191. The standard InChI is InChI=1S/C24H22Cl2N2O3S/c1-28-12-2-3-18(14-28)23(27-24(29)21-11-8-19(25)13-22(21)26)17-6-9-20(10-7-17)32(30,31)15-16-4-5-16/h2-3,6-14,16,23H,4-5,15H2,1H3/p+1. The molecule has 3 aromatic rings. The highest BCUT2D eigenvalue weighted by Crippen LogP contribution is 2.33. The maximum atomic E-state index is 13.0. The van der Waals surface area contributed by atoms with E-state index < -0.39 is 15.9 Å². The molecule has 0 saturated heterocycles. The Bertz CT molecular complexity index is 1260. The number of aryl methyl sites for hydroxylation is 1. The van der Waals surface area contributed by atoms with E-state index in [1.165, 1.54) is 6.07 Å². The fourth-order valence-corrected chi connectivity index (χ4v) is 5.77. The Labute approximate surface area is 197 Å². The third-order valence-electron chi connectivity index (χ3n) is 5.47. The van der Waals surface area contributed by atoms with Gasteiger partial charge in [0.2, 0.25) is 0 Å². The number of nitrogens with one attached hydrogen (secondary N) is 1. The number of carbonyl (C=O) groups is 1. The molecule has 1 heterocycles. The van der Waals surface area contributed by atoms with Crippen molar-refractivity contribution in [3.63, 3.8) is 0 Å². The number of halogens is 2. The Morgan fingerprint density at radius 1 is 1.09 bits per heavy atom. The molecule has 0 aliphatic heterocycles. The Balaban J connectivity index is 1.66. The van der Waals surface area contributed by atoms with E-state index >= 15 is 0 Å². The van der Waals surface area contributed by atoms with Crippen LogP contribution in [0.4, 0.5) is 0 Å². The first-order valence-corrected chi connectivity index (χ1v) is 12.7. The summed E-state index contributed by atoms with van der Waals surface area (Å²) in [7, 11) is -1.41. The van der Waals surface area contributed by atoms with Crippen molar-refractivity contribution in [2.24, 2.45) is 13.0 Å². The molecule has 1 N–H and O–H groups in total. The van der Waals surface area contributed by atoms with E-state index in [2.05, 4.69) is 5.32 Å². The van der Waals surface area contributed by atoms with E-state index in [1.54, 1.807) is 36.4 Å². The van der Waals surface area contributed by atoms with Crippen molar-refractivity contribution < 1.29 is 17.8 Å². The molecular weight excluding hydrogens is 467 g/mol. The van der Waals surface area contributed by atoms with E-state index in [4.69, 9.17) is 23.2 Å². The molecule has 1 aromatic heterocycles. The normalized spacial score (nSPS) is 14.7. The molecule has 1 saturated carbocycles. The zero-order valence-electron chi connectivity index (χ0n) is 17.5. The Morgan fingerprint density at radius 3 is 2.44 bits per heavy atom. The summed E-state index contributed by atoms with van der Waals surface area (Å²) in [4.78, 5) is 13.3.